The lowest BCUT2D eigenvalue weighted by atomic mass is 9.97. The van der Waals surface area contributed by atoms with Crippen molar-refractivity contribution in [1.29, 1.82) is 0 Å². The first-order valence-corrected chi connectivity index (χ1v) is 16.9. The Morgan fingerprint density at radius 3 is 2.56 bits per heavy atom. The van der Waals surface area contributed by atoms with Gasteiger partial charge in [-0.25, -0.2) is 28.3 Å². The molecule has 2 N–H and O–H groups in total. The van der Waals surface area contributed by atoms with Crippen molar-refractivity contribution in [3.05, 3.63) is 54.6 Å². The SMILES string of the molecule is Cc1nc(N(C)C)c2ncn([C@@H]3O[C@](F)(COP(=O)(N[C@@H](C)C(=O)OCC(C)(C)C)Oc4cccc5ccccc45)[C@@H](O)[C@@]3(C)F)c2n1. The summed E-state index contributed by atoms with van der Waals surface area (Å²) >= 11 is 0. The molecule has 13 nitrogen and oxygen atoms in total. The van der Waals surface area contributed by atoms with E-state index in [-0.39, 0.29) is 23.4 Å². The van der Waals surface area contributed by atoms with Crippen molar-refractivity contribution in [2.45, 2.75) is 71.4 Å². The highest BCUT2D eigenvalue weighted by Gasteiger charge is 2.65. The molecule has 2 aromatic carbocycles. The first-order valence-electron chi connectivity index (χ1n) is 15.3. The second kappa shape index (κ2) is 12.9. The van der Waals surface area contributed by atoms with Crippen LogP contribution in [0.5, 0.6) is 5.75 Å². The van der Waals surface area contributed by atoms with Crippen LogP contribution in [0.4, 0.5) is 14.6 Å². The molecule has 0 bridgehead atoms. The molecule has 2 aromatic heterocycles. The van der Waals surface area contributed by atoms with E-state index in [1.807, 2.05) is 39.0 Å². The quantitative estimate of drug-likeness (QED) is 0.153. The van der Waals surface area contributed by atoms with E-state index in [1.54, 1.807) is 44.1 Å². The zero-order valence-corrected chi connectivity index (χ0v) is 29.0. The molecular formula is C32H41F2N6O7P. The van der Waals surface area contributed by atoms with Crippen LogP contribution in [0.15, 0.2) is 48.8 Å². The fourth-order valence-electron chi connectivity index (χ4n) is 5.22. The molecule has 1 saturated heterocycles. The number of aromatic nitrogens is 4. The second-order valence-electron chi connectivity index (χ2n) is 13.5. The van der Waals surface area contributed by atoms with Crippen LogP contribution in [0, 0.1) is 12.3 Å². The van der Waals surface area contributed by atoms with Gasteiger partial charge in [0.2, 0.25) is 0 Å². The fourth-order valence-corrected chi connectivity index (χ4v) is 6.75. The number of hydrogen-bond acceptors (Lipinski definition) is 11. The predicted molar refractivity (Wildman–Crippen MR) is 175 cm³/mol. The lowest BCUT2D eigenvalue weighted by molar-refractivity contribution is -0.202. The number of alkyl halides is 2. The van der Waals surface area contributed by atoms with Crippen LogP contribution in [0.25, 0.3) is 21.9 Å². The molecule has 0 saturated carbocycles. The number of ether oxygens (including phenoxy) is 2. The summed E-state index contributed by atoms with van der Waals surface area (Å²) in [5.41, 5.74) is -2.65. The maximum absolute atomic E-state index is 16.6. The summed E-state index contributed by atoms with van der Waals surface area (Å²) < 4.78 is 70.7. The number of carbonyl (C=O) groups is 1. The van der Waals surface area contributed by atoms with Gasteiger partial charge < -0.3 is 24.0 Å². The maximum Gasteiger partial charge on any atom is 0.459 e. The molecule has 5 rings (SSSR count). The van der Waals surface area contributed by atoms with E-state index >= 15 is 8.78 Å². The molecule has 48 heavy (non-hydrogen) atoms. The van der Waals surface area contributed by atoms with Crippen molar-refractivity contribution in [3.8, 4) is 5.75 Å². The molecule has 4 aromatic rings. The van der Waals surface area contributed by atoms with Crippen LogP contribution in [-0.4, -0.2) is 81.6 Å². The number of aryl methyl sites for hydroxylation is 1. The van der Waals surface area contributed by atoms with Crippen molar-refractivity contribution in [2.75, 3.05) is 32.2 Å². The molecule has 0 aliphatic carbocycles. The summed E-state index contributed by atoms with van der Waals surface area (Å²) in [4.78, 5) is 27.6. The molecule has 1 fully saturated rings. The normalized spacial score (nSPS) is 24.8. The van der Waals surface area contributed by atoms with Crippen molar-refractivity contribution in [2.24, 2.45) is 5.41 Å². The van der Waals surface area contributed by atoms with E-state index in [1.165, 1.54) is 23.9 Å². The lowest BCUT2D eigenvalue weighted by Gasteiger charge is -2.28. The number of aliphatic hydroxyl groups is 1. The smallest absolute Gasteiger partial charge is 0.459 e. The Kier molecular flexibility index (Phi) is 9.58. The summed E-state index contributed by atoms with van der Waals surface area (Å²) in [6, 6.07) is 10.8. The number of esters is 1. The highest BCUT2D eigenvalue weighted by molar-refractivity contribution is 7.52. The number of nitrogens with zero attached hydrogens (tertiary/aromatic N) is 5. The zero-order valence-electron chi connectivity index (χ0n) is 28.1. The third kappa shape index (κ3) is 7.15. The van der Waals surface area contributed by atoms with E-state index in [0.29, 0.717) is 22.5 Å². The standard InChI is InChI=1S/C32H41F2N6O7P/c1-19(27(41)44-16-30(3,4)5)38-48(43,47-23-15-11-13-21-12-9-10-14-22(21)23)45-17-32(34)28(42)31(6,33)29(46-32)40-18-35-24-25(39(7)8)36-20(2)37-26(24)40/h9-15,18-19,28-29,42H,16-17H2,1-8H3,(H,38,43)/t19-,28-,29+,31+,32+,48?/m0/s1. The molecule has 3 heterocycles. The molecule has 6 atom stereocenters. The number of aliphatic hydroxyl groups excluding tert-OH is 1. The van der Waals surface area contributed by atoms with Gasteiger partial charge in [-0.1, -0.05) is 57.2 Å². The Balaban J connectivity index is 1.45. The van der Waals surface area contributed by atoms with Crippen LogP contribution in [0.2, 0.25) is 0 Å². The molecule has 1 aliphatic rings. The van der Waals surface area contributed by atoms with E-state index in [4.69, 9.17) is 18.5 Å². The van der Waals surface area contributed by atoms with Crippen molar-refractivity contribution in [1.82, 2.24) is 24.6 Å². The van der Waals surface area contributed by atoms with Gasteiger partial charge >= 0.3 is 13.7 Å². The predicted octanol–water partition coefficient (Wildman–Crippen LogP) is 5.41. The zero-order chi connectivity index (χ0) is 35.2. The molecule has 0 spiro atoms. The first kappa shape index (κ1) is 35.6. The van der Waals surface area contributed by atoms with Gasteiger partial charge in [0.1, 0.15) is 24.2 Å². The van der Waals surface area contributed by atoms with Crippen LogP contribution < -0.4 is 14.5 Å². The number of hydrogen-bond donors (Lipinski definition) is 2. The summed E-state index contributed by atoms with van der Waals surface area (Å²) in [5.74, 6) is -3.12. The molecule has 16 heteroatoms. The minimum atomic E-state index is -4.68. The summed E-state index contributed by atoms with van der Waals surface area (Å²) in [6.07, 6.45) is -2.98. The average Bonchev–Trinajstić information content (AvgIpc) is 3.50. The Hall–Kier alpha value is -3.75. The summed E-state index contributed by atoms with van der Waals surface area (Å²) in [5, 5.41) is 14.8. The van der Waals surface area contributed by atoms with Gasteiger partial charge in [-0.15, -0.1) is 0 Å². The molecule has 260 valence electrons. The second-order valence-corrected chi connectivity index (χ2v) is 15.2. The monoisotopic (exact) mass is 690 g/mol. The average molecular weight is 691 g/mol. The summed E-state index contributed by atoms with van der Waals surface area (Å²) in [6.45, 7) is 8.41. The van der Waals surface area contributed by atoms with Crippen LogP contribution in [0.1, 0.15) is 46.7 Å². The first-order chi connectivity index (χ1) is 22.3. The number of rotatable bonds is 11. The van der Waals surface area contributed by atoms with Gasteiger partial charge in [-0.2, -0.15) is 5.09 Å². The Morgan fingerprint density at radius 1 is 1.19 bits per heavy atom. The van der Waals surface area contributed by atoms with Gasteiger partial charge in [0, 0.05) is 19.5 Å². The molecular weight excluding hydrogens is 649 g/mol. The molecule has 1 unspecified atom stereocenters. The largest absolute Gasteiger partial charge is 0.464 e. The van der Waals surface area contributed by atoms with Crippen molar-refractivity contribution >= 4 is 41.5 Å². The third-order valence-electron chi connectivity index (χ3n) is 7.68. The lowest BCUT2D eigenvalue weighted by Crippen LogP contribution is -2.47. The van der Waals surface area contributed by atoms with Gasteiger partial charge in [0.25, 0.3) is 5.85 Å². The van der Waals surface area contributed by atoms with Crippen LogP contribution in [-0.2, 0) is 23.4 Å². The van der Waals surface area contributed by atoms with Gasteiger partial charge in [-0.05, 0) is 37.6 Å². The number of halogens is 2. The van der Waals surface area contributed by atoms with Crippen LogP contribution in [0.3, 0.4) is 0 Å². The number of benzene rings is 2. The fraction of sp³-hybridized carbons (Fsp3) is 0.500. The maximum atomic E-state index is 16.6. The number of fused-ring (bicyclic) bond motifs is 2. The van der Waals surface area contributed by atoms with E-state index in [2.05, 4.69) is 20.0 Å². The highest BCUT2D eigenvalue weighted by Crippen LogP contribution is 2.52. The van der Waals surface area contributed by atoms with E-state index < -0.39 is 50.2 Å². The number of nitrogens with one attached hydrogen (secondary N) is 1. The highest BCUT2D eigenvalue weighted by atomic mass is 31.2. The molecule has 0 radical (unpaired) electrons. The molecule has 0 amide bonds. The Labute approximate surface area is 277 Å². The Morgan fingerprint density at radius 2 is 1.88 bits per heavy atom. The number of anilines is 1. The van der Waals surface area contributed by atoms with E-state index in [0.717, 1.165) is 12.3 Å². The van der Waals surface area contributed by atoms with E-state index in [9.17, 15) is 14.5 Å². The Bertz CT molecular complexity index is 1860. The third-order valence-corrected chi connectivity index (χ3v) is 9.29. The number of imidazole rings is 1. The minimum Gasteiger partial charge on any atom is -0.464 e. The van der Waals surface area contributed by atoms with Gasteiger partial charge in [-0.3, -0.25) is 13.9 Å². The summed E-state index contributed by atoms with van der Waals surface area (Å²) in [7, 11) is -1.18. The topological polar surface area (TPSA) is 150 Å². The minimum absolute atomic E-state index is 0.0701. The van der Waals surface area contributed by atoms with Crippen molar-refractivity contribution < 1.29 is 41.8 Å². The number of carbonyl (C=O) groups excluding carboxylic acids is 1. The van der Waals surface area contributed by atoms with Crippen molar-refractivity contribution in [3.63, 3.8) is 0 Å². The van der Waals surface area contributed by atoms with Crippen LogP contribution >= 0.6 is 7.75 Å². The van der Waals surface area contributed by atoms with Gasteiger partial charge in [0.15, 0.2) is 35.0 Å². The van der Waals surface area contributed by atoms with Gasteiger partial charge in [0.05, 0.1) is 12.9 Å². The molecule has 1 aliphatic heterocycles.